The average Bonchev–Trinajstić information content (AvgIpc) is 1.82. The van der Waals surface area contributed by atoms with Crippen LogP contribution >= 0.6 is 27.5 Å². The van der Waals surface area contributed by atoms with Crippen LogP contribution in [0.2, 0.25) is 0 Å². The fourth-order valence-electron chi connectivity index (χ4n) is 0.331. The molecule has 0 amide bonds. The standard InChI is InChI=1S/C6H8BrClO/c1-2-3-4-5(7)6(8)9/h3-5H,2H2,1H3/b4-3+. The quantitative estimate of drug-likeness (QED) is 0.398. The molecule has 0 aliphatic carbocycles. The number of halogens is 2. The Balaban J connectivity index is 3.62. The molecule has 0 heterocycles. The van der Waals surface area contributed by atoms with E-state index in [-0.39, 0.29) is 10.1 Å². The number of hydrogen-bond acceptors (Lipinski definition) is 1. The number of rotatable bonds is 3. The summed E-state index contributed by atoms with van der Waals surface area (Å²) in [7, 11) is 0. The second-order valence-corrected chi connectivity index (χ2v) is 2.90. The van der Waals surface area contributed by atoms with Crippen LogP contribution < -0.4 is 0 Å². The van der Waals surface area contributed by atoms with Crippen molar-refractivity contribution < 1.29 is 4.79 Å². The zero-order chi connectivity index (χ0) is 7.28. The van der Waals surface area contributed by atoms with E-state index in [1.807, 2.05) is 13.0 Å². The van der Waals surface area contributed by atoms with Gasteiger partial charge in [-0.25, -0.2) is 0 Å². The van der Waals surface area contributed by atoms with Crippen molar-refractivity contribution in [1.82, 2.24) is 0 Å². The van der Waals surface area contributed by atoms with Gasteiger partial charge in [-0.15, -0.1) is 0 Å². The molecule has 1 nitrogen and oxygen atoms in total. The van der Waals surface area contributed by atoms with E-state index in [1.165, 1.54) is 0 Å². The molecule has 0 radical (unpaired) electrons. The van der Waals surface area contributed by atoms with Crippen molar-refractivity contribution in [1.29, 1.82) is 0 Å². The minimum atomic E-state index is -0.375. The summed E-state index contributed by atoms with van der Waals surface area (Å²) in [5.41, 5.74) is 0. The van der Waals surface area contributed by atoms with Gasteiger partial charge in [0.15, 0.2) is 0 Å². The molecule has 1 unspecified atom stereocenters. The summed E-state index contributed by atoms with van der Waals surface area (Å²) >= 11 is 8.20. The lowest BCUT2D eigenvalue weighted by molar-refractivity contribution is -0.110. The predicted octanol–water partition coefficient (Wildman–Crippen LogP) is 2.48. The van der Waals surface area contributed by atoms with E-state index in [2.05, 4.69) is 15.9 Å². The Bertz CT molecular complexity index is 122. The molecule has 0 aliphatic heterocycles. The Hall–Kier alpha value is 0.180. The first-order valence-electron chi connectivity index (χ1n) is 2.68. The smallest absolute Gasteiger partial charge is 0.239 e. The van der Waals surface area contributed by atoms with Gasteiger partial charge in [-0.3, -0.25) is 4.79 Å². The highest BCUT2D eigenvalue weighted by molar-refractivity contribution is 9.10. The lowest BCUT2D eigenvalue weighted by Gasteiger charge is -1.92. The summed E-state index contributed by atoms with van der Waals surface area (Å²) in [4.78, 5) is 10.00. The van der Waals surface area contributed by atoms with E-state index in [9.17, 15) is 4.79 Å². The fraction of sp³-hybridized carbons (Fsp3) is 0.500. The van der Waals surface area contributed by atoms with Gasteiger partial charge in [-0.1, -0.05) is 35.0 Å². The van der Waals surface area contributed by atoms with Crippen molar-refractivity contribution in [2.24, 2.45) is 0 Å². The zero-order valence-electron chi connectivity index (χ0n) is 5.10. The van der Waals surface area contributed by atoms with Crippen LogP contribution in [0.25, 0.3) is 0 Å². The third kappa shape index (κ3) is 4.67. The fourth-order valence-corrected chi connectivity index (χ4v) is 0.620. The van der Waals surface area contributed by atoms with Crippen molar-refractivity contribution in [2.45, 2.75) is 18.2 Å². The summed E-state index contributed by atoms with van der Waals surface area (Å²) in [6.45, 7) is 1.99. The molecule has 0 aromatic carbocycles. The lowest BCUT2D eigenvalue weighted by Crippen LogP contribution is -2.01. The maximum atomic E-state index is 10.3. The van der Waals surface area contributed by atoms with Crippen LogP contribution in [0, 0.1) is 0 Å². The number of carbonyl (C=O) groups excluding carboxylic acids is 1. The molecule has 0 fully saturated rings. The first kappa shape index (κ1) is 9.18. The van der Waals surface area contributed by atoms with Gasteiger partial charge in [0.1, 0.15) is 4.83 Å². The van der Waals surface area contributed by atoms with E-state index in [0.29, 0.717) is 0 Å². The normalized spacial score (nSPS) is 14.1. The molecule has 0 bridgehead atoms. The second kappa shape index (κ2) is 5.00. The third-order valence-corrected chi connectivity index (χ3v) is 1.98. The topological polar surface area (TPSA) is 17.1 Å². The predicted molar refractivity (Wildman–Crippen MR) is 43.0 cm³/mol. The van der Waals surface area contributed by atoms with E-state index < -0.39 is 0 Å². The van der Waals surface area contributed by atoms with Crippen molar-refractivity contribution in [2.75, 3.05) is 0 Å². The molecule has 0 spiro atoms. The Labute approximate surface area is 68.2 Å². The van der Waals surface area contributed by atoms with Crippen LogP contribution in [0.1, 0.15) is 13.3 Å². The number of carbonyl (C=O) groups is 1. The monoisotopic (exact) mass is 210 g/mol. The summed E-state index contributed by atoms with van der Waals surface area (Å²) in [5.74, 6) is 0. The molecule has 3 heteroatoms. The molecule has 0 aromatic rings. The van der Waals surface area contributed by atoms with Gasteiger partial charge < -0.3 is 0 Å². The van der Waals surface area contributed by atoms with Crippen LogP contribution in [0.4, 0.5) is 0 Å². The number of hydrogen-bond donors (Lipinski definition) is 0. The largest absolute Gasteiger partial charge is 0.280 e. The highest BCUT2D eigenvalue weighted by Gasteiger charge is 2.05. The summed E-state index contributed by atoms with van der Waals surface area (Å²) < 4.78 is 0. The molecule has 0 saturated heterocycles. The van der Waals surface area contributed by atoms with Crippen LogP contribution in [-0.2, 0) is 4.79 Å². The molecule has 9 heavy (non-hydrogen) atoms. The third-order valence-electron chi connectivity index (χ3n) is 0.758. The number of allylic oxidation sites excluding steroid dienone is 2. The van der Waals surface area contributed by atoms with Gasteiger partial charge in [0.2, 0.25) is 5.24 Å². The molecular formula is C6H8BrClO. The van der Waals surface area contributed by atoms with Crippen LogP contribution in [0.5, 0.6) is 0 Å². The SMILES string of the molecule is CC/C=C/C(Br)C(=O)Cl. The number of alkyl halides is 1. The molecule has 52 valence electrons. The van der Waals surface area contributed by atoms with Gasteiger partial charge in [-0.2, -0.15) is 0 Å². The van der Waals surface area contributed by atoms with Gasteiger partial charge in [0.25, 0.3) is 0 Å². The van der Waals surface area contributed by atoms with Crippen molar-refractivity contribution >= 4 is 32.8 Å². The first-order chi connectivity index (χ1) is 4.18. The highest BCUT2D eigenvalue weighted by Crippen LogP contribution is 2.05. The van der Waals surface area contributed by atoms with Gasteiger partial charge >= 0.3 is 0 Å². The van der Waals surface area contributed by atoms with E-state index in [1.54, 1.807) is 6.08 Å². The molecular weight excluding hydrogens is 203 g/mol. The minimum absolute atomic E-state index is 0.320. The molecule has 0 aliphatic rings. The van der Waals surface area contributed by atoms with Gasteiger partial charge in [-0.05, 0) is 18.0 Å². The van der Waals surface area contributed by atoms with E-state index in [0.717, 1.165) is 6.42 Å². The summed E-state index contributed by atoms with van der Waals surface area (Å²) in [5, 5.41) is -0.375. The van der Waals surface area contributed by atoms with Crippen molar-refractivity contribution in [3.05, 3.63) is 12.2 Å². The first-order valence-corrected chi connectivity index (χ1v) is 3.98. The van der Waals surface area contributed by atoms with Gasteiger partial charge in [0, 0.05) is 0 Å². The lowest BCUT2D eigenvalue weighted by atomic mass is 10.3. The van der Waals surface area contributed by atoms with E-state index in [4.69, 9.17) is 11.6 Å². The Morgan fingerprint density at radius 2 is 2.44 bits per heavy atom. The zero-order valence-corrected chi connectivity index (χ0v) is 7.45. The van der Waals surface area contributed by atoms with Crippen LogP contribution in [0.3, 0.4) is 0 Å². The minimum Gasteiger partial charge on any atom is -0.280 e. The van der Waals surface area contributed by atoms with Crippen LogP contribution in [0.15, 0.2) is 12.2 Å². The Morgan fingerprint density at radius 3 is 2.78 bits per heavy atom. The molecule has 0 saturated carbocycles. The molecule has 0 N–H and O–H groups in total. The molecule has 0 aromatic heterocycles. The van der Waals surface area contributed by atoms with Crippen LogP contribution in [-0.4, -0.2) is 10.1 Å². The maximum Gasteiger partial charge on any atom is 0.239 e. The maximum absolute atomic E-state index is 10.3. The summed E-state index contributed by atoms with van der Waals surface area (Å²) in [6, 6.07) is 0. The summed E-state index contributed by atoms with van der Waals surface area (Å²) in [6.07, 6.45) is 4.54. The van der Waals surface area contributed by atoms with Crippen molar-refractivity contribution in [3.8, 4) is 0 Å². The second-order valence-electron chi connectivity index (χ2n) is 1.54. The Kier molecular flexibility index (Phi) is 5.10. The van der Waals surface area contributed by atoms with Crippen molar-refractivity contribution in [3.63, 3.8) is 0 Å². The van der Waals surface area contributed by atoms with Gasteiger partial charge in [0.05, 0.1) is 0 Å². The molecule has 0 rings (SSSR count). The Morgan fingerprint density at radius 1 is 1.89 bits per heavy atom. The average molecular weight is 211 g/mol. The van der Waals surface area contributed by atoms with E-state index >= 15 is 0 Å². The highest BCUT2D eigenvalue weighted by atomic mass is 79.9. The molecule has 1 atom stereocenters.